The summed E-state index contributed by atoms with van der Waals surface area (Å²) in [6, 6.07) is 1.80. The van der Waals surface area contributed by atoms with Crippen molar-refractivity contribution in [2.24, 2.45) is 0 Å². The Morgan fingerprint density at radius 2 is 2.21 bits per heavy atom. The van der Waals surface area contributed by atoms with Crippen LogP contribution in [0.2, 0.25) is 0 Å². The Morgan fingerprint density at radius 1 is 1.50 bits per heavy atom. The maximum atomic E-state index is 11.1. The molecule has 0 amide bonds. The van der Waals surface area contributed by atoms with Crippen LogP contribution in [-0.2, 0) is 4.74 Å². The van der Waals surface area contributed by atoms with Crippen LogP contribution in [0.1, 0.15) is 24.5 Å². The second kappa shape index (κ2) is 4.23. The lowest BCUT2D eigenvalue weighted by Crippen LogP contribution is -2.18. The molecule has 0 radical (unpaired) electrons. The predicted octanol–water partition coefficient (Wildman–Crippen LogP) is 1.43. The summed E-state index contributed by atoms with van der Waals surface area (Å²) in [6.07, 6.45) is 1.96. The maximum absolute atomic E-state index is 11.1. The molecule has 1 aliphatic heterocycles. The number of aromatic amines is 1. The van der Waals surface area contributed by atoms with Crippen molar-refractivity contribution in [3.8, 4) is 0 Å². The normalized spacial score (nSPS) is 18.4. The van der Waals surface area contributed by atoms with Crippen molar-refractivity contribution in [1.29, 1.82) is 0 Å². The first-order chi connectivity index (χ1) is 6.77. The van der Waals surface area contributed by atoms with E-state index in [9.17, 15) is 4.79 Å². The molecular weight excluding hydrogens is 248 g/mol. The van der Waals surface area contributed by atoms with Crippen LogP contribution in [0.4, 0.5) is 0 Å². The molecule has 0 saturated carbocycles. The second-order valence-electron chi connectivity index (χ2n) is 3.36. The number of aromatic nitrogens is 2. The molecule has 4 nitrogen and oxygen atoms in total. The molecule has 0 unspecified atom stereocenters. The second-order valence-corrected chi connectivity index (χ2v) is 4.21. The Kier molecular flexibility index (Phi) is 2.98. The van der Waals surface area contributed by atoms with Gasteiger partial charge in [-0.05, 0) is 34.8 Å². The highest BCUT2D eigenvalue weighted by molar-refractivity contribution is 9.10. The highest BCUT2D eigenvalue weighted by atomic mass is 79.9. The highest BCUT2D eigenvalue weighted by Crippen LogP contribution is 2.25. The van der Waals surface area contributed by atoms with Crippen molar-refractivity contribution in [1.82, 2.24) is 10.2 Å². The summed E-state index contributed by atoms with van der Waals surface area (Å²) in [7, 11) is 0. The summed E-state index contributed by atoms with van der Waals surface area (Å²) in [5.74, 6) is 0.414. The molecule has 0 spiro atoms. The van der Waals surface area contributed by atoms with Crippen LogP contribution in [0, 0.1) is 0 Å². The van der Waals surface area contributed by atoms with Crippen LogP contribution in [0.3, 0.4) is 0 Å². The highest BCUT2D eigenvalue weighted by Gasteiger charge is 2.17. The number of H-pyrrole nitrogens is 1. The average molecular weight is 259 g/mol. The molecule has 1 N–H and O–H groups in total. The van der Waals surface area contributed by atoms with Gasteiger partial charge in [0.05, 0.1) is 10.2 Å². The molecule has 5 heteroatoms. The smallest absolute Gasteiger partial charge is 0.278 e. The van der Waals surface area contributed by atoms with Crippen LogP contribution in [0.15, 0.2) is 15.3 Å². The Labute approximate surface area is 89.8 Å². The van der Waals surface area contributed by atoms with Crippen molar-refractivity contribution >= 4 is 15.9 Å². The van der Waals surface area contributed by atoms with Gasteiger partial charge in [0, 0.05) is 19.1 Å². The minimum absolute atomic E-state index is 0.180. The van der Waals surface area contributed by atoms with Gasteiger partial charge in [-0.2, -0.15) is 5.10 Å². The topological polar surface area (TPSA) is 55.0 Å². The monoisotopic (exact) mass is 258 g/mol. The maximum Gasteiger partial charge on any atom is 0.278 e. The van der Waals surface area contributed by atoms with Gasteiger partial charge in [0.25, 0.3) is 5.56 Å². The first-order valence-corrected chi connectivity index (χ1v) is 5.39. The summed E-state index contributed by atoms with van der Waals surface area (Å²) < 4.78 is 5.81. The van der Waals surface area contributed by atoms with E-state index in [-0.39, 0.29) is 5.56 Å². The van der Waals surface area contributed by atoms with Gasteiger partial charge in [-0.25, -0.2) is 5.10 Å². The lowest BCUT2D eigenvalue weighted by atomic mass is 9.96. The summed E-state index contributed by atoms with van der Waals surface area (Å²) in [4.78, 5) is 11.1. The van der Waals surface area contributed by atoms with Crippen LogP contribution < -0.4 is 5.56 Å². The van der Waals surface area contributed by atoms with Crippen LogP contribution >= 0.6 is 15.9 Å². The first-order valence-electron chi connectivity index (χ1n) is 4.60. The minimum Gasteiger partial charge on any atom is -0.381 e. The number of ether oxygens (including phenoxy) is 1. The minimum atomic E-state index is -0.180. The molecule has 1 aromatic rings. The van der Waals surface area contributed by atoms with Crippen molar-refractivity contribution in [2.75, 3.05) is 13.2 Å². The Bertz CT molecular complexity index is 371. The van der Waals surface area contributed by atoms with Gasteiger partial charge >= 0.3 is 0 Å². The first kappa shape index (κ1) is 9.86. The number of halogens is 1. The van der Waals surface area contributed by atoms with Crippen molar-refractivity contribution in [2.45, 2.75) is 18.8 Å². The van der Waals surface area contributed by atoms with E-state index in [1.165, 1.54) is 0 Å². The summed E-state index contributed by atoms with van der Waals surface area (Å²) in [5.41, 5.74) is 0.764. The zero-order valence-electron chi connectivity index (χ0n) is 7.62. The molecule has 1 fully saturated rings. The molecule has 1 aromatic heterocycles. The standard InChI is InChI=1S/C9H11BrN2O2/c10-7-5-8(11-12-9(7)13)6-1-3-14-4-2-6/h5-6H,1-4H2,(H,12,13). The Balaban J connectivity index is 2.22. The van der Waals surface area contributed by atoms with Crippen LogP contribution in [0.5, 0.6) is 0 Å². The molecule has 0 atom stereocenters. The van der Waals surface area contributed by atoms with Crippen molar-refractivity contribution < 1.29 is 4.74 Å². The predicted molar refractivity (Wildman–Crippen MR) is 55.4 cm³/mol. The fraction of sp³-hybridized carbons (Fsp3) is 0.556. The molecule has 0 aliphatic carbocycles. The van der Waals surface area contributed by atoms with E-state index in [0.717, 1.165) is 31.7 Å². The molecule has 0 bridgehead atoms. The molecule has 1 saturated heterocycles. The molecule has 76 valence electrons. The third-order valence-electron chi connectivity index (χ3n) is 2.42. The molecule has 1 aliphatic rings. The molecular formula is C9H11BrN2O2. The molecule has 0 aromatic carbocycles. The van der Waals surface area contributed by atoms with Crippen molar-refractivity contribution in [3.05, 3.63) is 26.6 Å². The number of hydrogen-bond donors (Lipinski definition) is 1. The van der Waals surface area contributed by atoms with Gasteiger partial charge in [0.2, 0.25) is 0 Å². The number of nitrogens with zero attached hydrogens (tertiary/aromatic N) is 1. The molecule has 14 heavy (non-hydrogen) atoms. The summed E-state index contributed by atoms with van der Waals surface area (Å²) in [6.45, 7) is 1.56. The van der Waals surface area contributed by atoms with Gasteiger partial charge in [-0.1, -0.05) is 0 Å². The van der Waals surface area contributed by atoms with E-state index in [1.807, 2.05) is 0 Å². The largest absolute Gasteiger partial charge is 0.381 e. The SMILES string of the molecule is O=c1[nH]nc(C2CCOCC2)cc1Br. The lowest BCUT2D eigenvalue weighted by molar-refractivity contribution is 0.0843. The van der Waals surface area contributed by atoms with Crippen LogP contribution in [0.25, 0.3) is 0 Å². The van der Waals surface area contributed by atoms with Crippen LogP contribution in [-0.4, -0.2) is 23.4 Å². The van der Waals surface area contributed by atoms with E-state index in [2.05, 4.69) is 26.1 Å². The fourth-order valence-electron chi connectivity index (χ4n) is 1.60. The van der Waals surface area contributed by atoms with Gasteiger partial charge in [-0.3, -0.25) is 4.79 Å². The average Bonchev–Trinajstić information content (AvgIpc) is 2.23. The third-order valence-corrected chi connectivity index (χ3v) is 3.01. The van der Waals surface area contributed by atoms with E-state index < -0.39 is 0 Å². The summed E-state index contributed by atoms with van der Waals surface area (Å²) in [5, 5.41) is 6.51. The van der Waals surface area contributed by atoms with Gasteiger partial charge in [-0.15, -0.1) is 0 Å². The fourth-order valence-corrected chi connectivity index (χ4v) is 1.92. The number of nitrogens with one attached hydrogen (secondary N) is 1. The third kappa shape index (κ3) is 2.04. The molecule has 2 heterocycles. The van der Waals surface area contributed by atoms with E-state index in [4.69, 9.17) is 4.74 Å². The van der Waals surface area contributed by atoms with E-state index in [0.29, 0.717) is 10.4 Å². The Hall–Kier alpha value is -0.680. The van der Waals surface area contributed by atoms with E-state index >= 15 is 0 Å². The zero-order valence-corrected chi connectivity index (χ0v) is 9.21. The van der Waals surface area contributed by atoms with Gasteiger partial charge in [0.15, 0.2) is 0 Å². The van der Waals surface area contributed by atoms with Crippen molar-refractivity contribution in [3.63, 3.8) is 0 Å². The zero-order chi connectivity index (χ0) is 9.97. The molecule has 2 rings (SSSR count). The lowest BCUT2D eigenvalue weighted by Gasteiger charge is -2.20. The summed E-state index contributed by atoms with van der Waals surface area (Å²) >= 11 is 3.20. The quantitative estimate of drug-likeness (QED) is 0.829. The van der Waals surface area contributed by atoms with Gasteiger partial charge in [0.1, 0.15) is 0 Å². The Morgan fingerprint density at radius 3 is 2.86 bits per heavy atom. The van der Waals surface area contributed by atoms with Gasteiger partial charge < -0.3 is 4.74 Å². The number of rotatable bonds is 1. The van der Waals surface area contributed by atoms with E-state index in [1.54, 1.807) is 6.07 Å². The number of hydrogen-bond acceptors (Lipinski definition) is 3.